The number of nitrogens with one attached hydrogen (secondary N) is 1. The second-order valence-electron chi connectivity index (χ2n) is 4.28. The Balaban J connectivity index is 1.92. The van der Waals surface area contributed by atoms with Crippen molar-refractivity contribution in [1.29, 1.82) is 0 Å². The molecular formula is C11H16N2O3. The molecule has 1 aromatic rings. The Morgan fingerprint density at radius 3 is 3.12 bits per heavy atom. The van der Waals surface area contributed by atoms with Crippen LogP contribution in [0.2, 0.25) is 0 Å². The fourth-order valence-electron chi connectivity index (χ4n) is 1.52. The standard InChI is InChI=1S/C11H16N2O3/c1-7(4-5-14)12-11(15)9-6-10(16-13-9)8-2-3-8/h6-8,14H,2-5H2,1H3,(H,12,15). The van der Waals surface area contributed by atoms with Crippen molar-refractivity contribution in [3.05, 3.63) is 17.5 Å². The highest BCUT2D eigenvalue weighted by Crippen LogP contribution is 2.40. The summed E-state index contributed by atoms with van der Waals surface area (Å²) < 4.78 is 5.09. The number of rotatable bonds is 5. The van der Waals surface area contributed by atoms with Crippen LogP contribution in [0.1, 0.15) is 48.4 Å². The molecule has 1 aliphatic carbocycles. The fourth-order valence-corrected chi connectivity index (χ4v) is 1.52. The third kappa shape index (κ3) is 2.61. The summed E-state index contributed by atoms with van der Waals surface area (Å²) in [5.41, 5.74) is 0.326. The van der Waals surface area contributed by atoms with Gasteiger partial charge in [0.2, 0.25) is 0 Å². The first-order valence-corrected chi connectivity index (χ1v) is 5.59. The molecule has 2 rings (SSSR count). The van der Waals surface area contributed by atoms with Crippen molar-refractivity contribution < 1.29 is 14.4 Å². The summed E-state index contributed by atoms with van der Waals surface area (Å²) in [5.74, 6) is 1.03. The first-order chi connectivity index (χ1) is 7.70. The van der Waals surface area contributed by atoms with E-state index in [0.717, 1.165) is 18.6 Å². The number of carbonyl (C=O) groups excluding carboxylic acids is 1. The maximum atomic E-state index is 11.7. The van der Waals surface area contributed by atoms with Crippen LogP contribution in [-0.2, 0) is 0 Å². The predicted octanol–water partition coefficient (Wildman–Crippen LogP) is 1.05. The lowest BCUT2D eigenvalue weighted by molar-refractivity contribution is 0.0925. The molecule has 5 nitrogen and oxygen atoms in total. The Morgan fingerprint density at radius 2 is 2.50 bits per heavy atom. The SMILES string of the molecule is CC(CCO)NC(=O)c1cc(C2CC2)on1. The maximum absolute atomic E-state index is 11.7. The molecule has 0 aliphatic heterocycles. The average Bonchev–Trinajstić information content (AvgIpc) is 2.96. The van der Waals surface area contributed by atoms with E-state index in [0.29, 0.717) is 18.0 Å². The lowest BCUT2D eigenvalue weighted by atomic mass is 10.2. The van der Waals surface area contributed by atoms with E-state index in [9.17, 15) is 4.79 Å². The van der Waals surface area contributed by atoms with Gasteiger partial charge < -0.3 is 14.9 Å². The van der Waals surface area contributed by atoms with Crippen molar-refractivity contribution in [2.45, 2.75) is 38.1 Å². The summed E-state index contributed by atoms with van der Waals surface area (Å²) in [7, 11) is 0. The molecule has 0 aromatic carbocycles. The van der Waals surface area contributed by atoms with Crippen LogP contribution in [0.4, 0.5) is 0 Å². The lowest BCUT2D eigenvalue weighted by Gasteiger charge is -2.10. The summed E-state index contributed by atoms with van der Waals surface area (Å²) in [6.07, 6.45) is 2.79. The Labute approximate surface area is 93.8 Å². The molecule has 16 heavy (non-hydrogen) atoms. The van der Waals surface area contributed by atoms with Crippen LogP contribution in [-0.4, -0.2) is 28.8 Å². The number of aromatic nitrogens is 1. The normalized spacial score (nSPS) is 17.1. The molecule has 0 bridgehead atoms. The Hall–Kier alpha value is -1.36. The molecule has 2 N–H and O–H groups in total. The molecule has 1 atom stereocenters. The second kappa shape index (κ2) is 4.65. The van der Waals surface area contributed by atoms with E-state index in [2.05, 4.69) is 10.5 Å². The second-order valence-corrected chi connectivity index (χ2v) is 4.28. The van der Waals surface area contributed by atoms with Gasteiger partial charge in [-0.1, -0.05) is 5.16 Å². The quantitative estimate of drug-likeness (QED) is 0.784. The molecular weight excluding hydrogens is 208 g/mol. The zero-order chi connectivity index (χ0) is 11.5. The number of amides is 1. The van der Waals surface area contributed by atoms with Gasteiger partial charge in [0, 0.05) is 24.6 Å². The monoisotopic (exact) mass is 224 g/mol. The van der Waals surface area contributed by atoms with Crippen molar-refractivity contribution in [3.8, 4) is 0 Å². The lowest BCUT2D eigenvalue weighted by Crippen LogP contribution is -2.33. The van der Waals surface area contributed by atoms with Crippen molar-refractivity contribution in [1.82, 2.24) is 10.5 Å². The van der Waals surface area contributed by atoms with E-state index in [1.807, 2.05) is 6.92 Å². The van der Waals surface area contributed by atoms with Gasteiger partial charge in [-0.3, -0.25) is 4.79 Å². The number of nitrogens with zero attached hydrogens (tertiary/aromatic N) is 1. The van der Waals surface area contributed by atoms with E-state index in [-0.39, 0.29) is 18.6 Å². The Bertz CT molecular complexity index is 371. The van der Waals surface area contributed by atoms with E-state index < -0.39 is 0 Å². The zero-order valence-electron chi connectivity index (χ0n) is 9.27. The van der Waals surface area contributed by atoms with Crippen LogP contribution in [0.5, 0.6) is 0 Å². The van der Waals surface area contributed by atoms with Crippen LogP contribution in [0.15, 0.2) is 10.6 Å². The van der Waals surface area contributed by atoms with Gasteiger partial charge in [0.15, 0.2) is 5.69 Å². The van der Waals surface area contributed by atoms with E-state index in [1.54, 1.807) is 6.07 Å². The van der Waals surface area contributed by atoms with Gasteiger partial charge in [-0.05, 0) is 26.2 Å². The van der Waals surface area contributed by atoms with Crippen LogP contribution < -0.4 is 5.32 Å². The molecule has 0 saturated heterocycles. The molecule has 5 heteroatoms. The van der Waals surface area contributed by atoms with Gasteiger partial charge in [0.1, 0.15) is 5.76 Å². The Morgan fingerprint density at radius 1 is 1.75 bits per heavy atom. The van der Waals surface area contributed by atoms with Crippen LogP contribution in [0.3, 0.4) is 0 Å². The molecule has 88 valence electrons. The molecule has 1 unspecified atom stereocenters. The summed E-state index contributed by atoms with van der Waals surface area (Å²) in [4.78, 5) is 11.7. The highest BCUT2D eigenvalue weighted by Gasteiger charge is 2.28. The number of hydrogen-bond donors (Lipinski definition) is 2. The third-order valence-corrected chi connectivity index (χ3v) is 2.68. The van der Waals surface area contributed by atoms with Gasteiger partial charge >= 0.3 is 0 Å². The van der Waals surface area contributed by atoms with Crippen molar-refractivity contribution in [2.24, 2.45) is 0 Å². The maximum Gasteiger partial charge on any atom is 0.273 e. The first-order valence-electron chi connectivity index (χ1n) is 5.59. The highest BCUT2D eigenvalue weighted by molar-refractivity contribution is 5.92. The van der Waals surface area contributed by atoms with Gasteiger partial charge in [0.25, 0.3) is 5.91 Å². The van der Waals surface area contributed by atoms with Gasteiger partial charge in [-0.15, -0.1) is 0 Å². The molecule has 0 radical (unpaired) electrons. The molecule has 1 saturated carbocycles. The summed E-state index contributed by atoms with van der Waals surface area (Å²) in [6.45, 7) is 1.91. The van der Waals surface area contributed by atoms with Crippen LogP contribution >= 0.6 is 0 Å². The third-order valence-electron chi connectivity index (χ3n) is 2.68. The smallest absolute Gasteiger partial charge is 0.273 e. The van der Waals surface area contributed by atoms with Crippen molar-refractivity contribution in [2.75, 3.05) is 6.61 Å². The van der Waals surface area contributed by atoms with Gasteiger partial charge in [-0.2, -0.15) is 0 Å². The highest BCUT2D eigenvalue weighted by atomic mass is 16.5. The fraction of sp³-hybridized carbons (Fsp3) is 0.636. The summed E-state index contributed by atoms with van der Waals surface area (Å²) in [6, 6.07) is 1.65. The largest absolute Gasteiger partial charge is 0.396 e. The van der Waals surface area contributed by atoms with Crippen LogP contribution in [0, 0.1) is 0 Å². The number of hydrogen-bond acceptors (Lipinski definition) is 4. The Kier molecular flexibility index (Phi) is 3.24. The van der Waals surface area contributed by atoms with Crippen molar-refractivity contribution >= 4 is 5.91 Å². The minimum Gasteiger partial charge on any atom is -0.396 e. The van der Waals surface area contributed by atoms with Gasteiger partial charge in [-0.25, -0.2) is 0 Å². The number of aliphatic hydroxyl groups excluding tert-OH is 1. The van der Waals surface area contributed by atoms with E-state index >= 15 is 0 Å². The molecule has 1 amide bonds. The van der Waals surface area contributed by atoms with Gasteiger partial charge in [0.05, 0.1) is 0 Å². The zero-order valence-corrected chi connectivity index (χ0v) is 9.27. The first kappa shape index (κ1) is 11.1. The van der Waals surface area contributed by atoms with E-state index in [1.165, 1.54) is 0 Å². The molecule has 1 aliphatic rings. The number of aliphatic hydroxyl groups is 1. The number of carbonyl (C=O) groups is 1. The summed E-state index contributed by atoms with van der Waals surface area (Å²) in [5, 5.41) is 15.2. The average molecular weight is 224 g/mol. The predicted molar refractivity (Wildman–Crippen MR) is 57.1 cm³/mol. The van der Waals surface area contributed by atoms with E-state index in [4.69, 9.17) is 9.63 Å². The minimum absolute atomic E-state index is 0.0569. The summed E-state index contributed by atoms with van der Waals surface area (Å²) >= 11 is 0. The topological polar surface area (TPSA) is 75.4 Å². The molecule has 1 fully saturated rings. The molecule has 1 heterocycles. The minimum atomic E-state index is -0.239. The van der Waals surface area contributed by atoms with Crippen LogP contribution in [0.25, 0.3) is 0 Å². The molecule has 0 spiro atoms. The molecule has 1 aromatic heterocycles. The van der Waals surface area contributed by atoms with Crippen molar-refractivity contribution in [3.63, 3.8) is 0 Å².